The number of benzene rings is 2. The van der Waals surface area contributed by atoms with Gasteiger partial charge in [-0.2, -0.15) is 0 Å². The van der Waals surface area contributed by atoms with E-state index in [9.17, 15) is 9.59 Å². The predicted octanol–water partition coefficient (Wildman–Crippen LogP) is 3.26. The molecule has 6 nitrogen and oxygen atoms in total. The fraction of sp³-hybridized carbons (Fsp3) is 0.263. The average Bonchev–Trinajstić information content (AvgIpc) is 3.07. The van der Waals surface area contributed by atoms with E-state index in [4.69, 9.17) is 4.74 Å². The molecule has 130 valence electrons. The third-order valence-electron chi connectivity index (χ3n) is 3.89. The first-order valence-electron chi connectivity index (χ1n) is 8.37. The van der Waals surface area contributed by atoms with Crippen LogP contribution in [0.25, 0.3) is 0 Å². The summed E-state index contributed by atoms with van der Waals surface area (Å²) >= 11 is 0. The number of nitrogens with zero attached hydrogens (tertiary/aromatic N) is 1. The number of carbonyl (C=O) groups is 2. The number of amides is 3. The molecule has 0 saturated carbocycles. The zero-order valence-corrected chi connectivity index (χ0v) is 14.1. The van der Waals surface area contributed by atoms with Crippen molar-refractivity contribution in [3.05, 3.63) is 54.1 Å². The number of rotatable bonds is 6. The number of urea groups is 1. The van der Waals surface area contributed by atoms with E-state index in [1.807, 2.05) is 31.2 Å². The Kier molecular flexibility index (Phi) is 5.18. The van der Waals surface area contributed by atoms with Crippen molar-refractivity contribution in [1.29, 1.82) is 0 Å². The van der Waals surface area contributed by atoms with E-state index < -0.39 is 0 Å². The van der Waals surface area contributed by atoms with E-state index in [0.29, 0.717) is 36.7 Å². The third kappa shape index (κ3) is 3.91. The van der Waals surface area contributed by atoms with Gasteiger partial charge in [0.1, 0.15) is 5.75 Å². The van der Waals surface area contributed by atoms with Crippen LogP contribution < -0.4 is 20.3 Å². The Labute approximate surface area is 146 Å². The molecule has 1 aliphatic rings. The molecule has 0 atom stereocenters. The van der Waals surface area contributed by atoms with Gasteiger partial charge in [-0.3, -0.25) is 9.69 Å². The summed E-state index contributed by atoms with van der Waals surface area (Å²) in [6.07, 6.45) is 0.897. The molecule has 2 aromatic rings. The molecule has 0 aromatic heterocycles. The number of ether oxygens (including phenoxy) is 1. The third-order valence-corrected chi connectivity index (χ3v) is 3.89. The largest absolute Gasteiger partial charge is 0.491 e. The summed E-state index contributed by atoms with van der Waals surface area (Å²) in [6, 6.07) is 14.2. The molecule has 3 amide bonds. The average molecular weight is 339 g/mol. The number of hydrogen-bond donors (Lipinski definition) is 2. The summed E-state index contributed by atoms with van der Waals surface area (Å²) in [6.45, 7) is 3.89. The summed E-state index contributed by atoms with van der Waals surface area (Å²) < 4.78 is 5.66. The number of hydrogen-bond acceptors (Lipinski definition) is 3. The standard InChI is InChI=1S/C19H21N3O3/c1-2-13-25-17-6-4-3-5-16(17)21-18(23)14-7-9-15(10-8-14)22-12-11-20-19(22)24/h3-10H,2,11-13H2,1H3,(H,20,24)(H,21,23). The highest BCUT2D eigenvalue weighted by molar-refractivity contribution is 6.05. The van der Waals surface area contributed by atoms with Crippen molar-refractivity contribution < 1.29 is 14.3 Å². The van der Waals surface area contributed by atoms with Crippen LogP contribution in [0.15, 0.2) is 48.5 Å². The molecule has 0 bridgehead atoms. The fourth-order valence-corrected chi connectivity index (χ4v) is 2.61. The van der Waals surface area contributed by atoms with Crippen LogP contribution in [0.2, 0.25) is 0 Å². The van der Waals surface area contributed by atoms with E-state index in [0.717, 1.165) is 12.1 Å². The monoisotopic (exact) mass is 339 g/mol. The second kappa shape index (κ2) is 7.70. The second-order valence-corrected chi connectivity index (χ2v) is 5.73. The Morgan fingerprint density at radius 1 is 1.20 bits per heavy atom. The molecule has 1 fully saturated rings. The first-order chi connectivity index (χ1) is 12.2. The van der Waals surface area contributed by atoms with E-state index in [2.05, 4.69) is 10.6 Å². The minimum atomic E-state index is -0.218. The molecule has 2 N–H and O–H groups in total. The SMILES string of the molecule is CCCOc1ccccc1NC(=O)c1ccc(N2CCNC2=O)cc1. The molecular weight excluding hydrogens is 318 g/mol. The molecule has 0 radical (unpaired) electrons. The zero-order valence-electron chi connectivity index (χ0n) is 14.1. The van der Waals surface area contributed by atoms with Gasteiger partial charge in [-0.05, 0) is 42.8 Å². The van der Waals surface area contributed by atoms with Gasteiger partial charge in [0.15, 0.2) is 0 Å². The minimum absolute atomic E-state index is 0.112. The summed E-state index contributed by atoms with van der Waals surface area (Å²) in [4.78, 5) is 25.8. The number of anilines is 2. The van der Waals surface area contributed by atoms with Crippen LogP contribution in [0.3, 0.4) is 0 Å². The molecule has 0 unspecified atom stereocenters. The van der Waals surface area contributed by atoms with Crippen LogP contribution >= 0.6 is 0 Å². The highest BCUT2D eigenvalue weighted by Gasteiger charge is 2.21. The van der Waals surface area contributed by atoms with Gasteiger partial charge in [-0.25, -0.2) is 4.79 Å². The summed E-state index contributed by atoms with van der Waals surface area (Å²) in [5.74, 6) is 0.438. The van der Waals surface area contributed by atoms with Crippen LogP contribution in [0.4, 0.5) is 16.2 Å². The first-order valence-corrected chi connectivity index (χ1v) is 8.37. The molecule has 1 saturated heterocycles. The van der Waals surface area contributed by atoms with E-state index >= 15 is 0 Å². The topological polar surface area (TPSA) is 70.7 Å². The first kappa shape index (κ1) is 16.8. The molecule has 3 rings (SSSR count). The van der Waals surface area contributed by atoms with Crippen molar-refractivity contribution in [2.24, 2.45) is 0 Å². The number of carbonyl (C=O) groups excluding carboxylic acids is 2. The maximum absolute atomic E-state index is 12.5. The van der Waals surface area contributed by atoms with Gasteiger partial charge in [0.2, 0.25) is 0 Å². The molecule has 2 aromatic carbocycles. The lowest BCUT2D eigenvalue weighted by molar-refractivity contribution is 0.102. The van der Waals surface area contributed by atoms with Crippen molar-refractivity contribution in [2.45, 2.75) is 13.3 Å². The molecule has 0 aliphatic carbocycles. The fourth-order valence-electron chi connectivity index (χ4n) is 2.61. The van der Waals surface area contributed by atoms with Crippen LogP contribution in [0.5, 0.6) is 5.75 Å². The van der Waals surface area contributed by atoms with Crippen LogP contribution in [0.1, 0.15) is 23.7 Å². The van der Waals surface area contributed by atoms with Crippen molar-refractivity contribution in [1.82, 2.24) is 5.32 Å². The molecule has 1 aliphatic heterocycles. The van der Waals surface area contributed by atoms with Crippen molar-refractivity contribution in [2.75, 3.05) is 29.9 Å². The van der Waals surface area contributed by atoms with Crippen LogP contribution in [-0.2, 0) is 0 Å². The molecule has 6 heteroatoms. The lowest BCUT2D eigenvalue weighted by Gasteiger charge is -2.15. The smallest absolute Gasteiger partial charge is 0.321 e. The zero-order chi connectivity index (χ0) is 17.6. The van der Waals surface area contributed by atoms with Crippen LogP contribution in [-0.4, -0.2) is 31.6 Å². The molecule has 1 heterocycles. The molecular formula is C19H21N3O3. The normalized spacial score (nSPS) is 13.5. The Morgan fingerprint density at radius 3 is 2.64 bits per heavy atom. The maximum atomic E-state index is 12.5. The van der Waals surface area contributed by atoms with Gasteiger partial charge in [0.25, 0.3) is 5.91 Å². The summed E-state index contributed by atoms with van der Waals surface area (Å²) in [7, 11) is 0. The lowest BCUT2D eigenvalue weighted by atomic mass is 10.1. The Bertz CT molecular complexity index is 759. The molecule has 25 heavy (non-hydrogen) atoms. The van der Waals surface area contributed by atoms with Gasteiger partial charge >= 0.3 is 6.03 Å². The number of para-hydroxylation sites is 2. The second-order valence-electron chi connectivity index (χ2n) is 5.73. The maximum Gasteiger partial charge on any atom is 0.321 e. The Balaban J connectivity index is 1.70. The highest BCUT2D eigenvalue weighted by Crippen LogP contribution is 2.25. The summed E-state index contributed by atoms with van der Waals surface area (Å²) in [5.41, 5.74) is 1.94. The van der Waals surface area contributed by atoms with Crippen LogP contribution in [0, 0.1) is 0 Å². The van der Waals surface area contributed by atoms with Crippen molar-refractivity contribution in [3.63, 3.8) is 0 Å². The van der Waals surface area contributed by atoms with Gasteiger partial charge in [0.05, 0.1) is 12.3 Å². The van der Waals surface area contributed by atoms with E-state index in [-0.39, 0.29) is 11.9 Å². The van der Waals surface area contributed by atoms with E-state index in [1.165, 1.54) is 0 Å². The lowest BCUT2D eigenvalue weighted by Crippen LogP contribution is -2.27. The number of nitrogens with one attached hydrogen (secondary N) is 2. The van der Waals surface area contributed by atoms with Gasteiger partial charge in [-0.1, -0.05) is 19.1 Å². The quantitative estimate of drug-likeness (QED) is 0.849. The predicted molar refractivity (Wildman–Crippen MR) is 97.4 cm³/mol. The van der Waals surface area contributed by atoms with Crippen molar-refractivity contribution >= 4 is 23.3 Å². The Hall–Kier alpha value is -3.02. The summed E-state index contributed by atoms with van der Waals surface area (Å²) in [5, 5.41) is 5.63. The van der Waals surface area contributed by atoms with Crippen molar-refractivity contribution in [3.8, 4) is 5.75 Å². The molecule has 0 spiro atoms. The van der Waals surface area contributed by atoms with E-state index in [1.54, 1.807) is 29.2 Å². The highest BCUT2D eigenvalue weighted by atomic mass is 16.5. The van der Waals surface area contributed by atoms with Gasteiger partial charge in [0, 0.05) is 24.3 Å². The Morgan fingerprint density at radius 2 is 1.96 bits per heavy atom. The minimum Gasteiger partial charge on any atom is -0.491 e. The van der Waals surface area contributed by atoms with Gasteiger partial charge < -0.3 is 15.4 Å². The van der Waals surface area contributed by atoms with Gasteiger partial charge in [-0.15, -0.1) is 0 Å².